The van der Waals surface area contributed by atoms with E-state index in [1.807, 2.05) is 24.3 Å². The number of benzene rings is 10. The molecule has 10 aromatic carbocycles. The molecule has 0 unspecified atom stereocenters. The maximum atomic E-state index is 14.2. The molecule has 12 rings (SSSR count). The molecule has 62 heavy (non-hydrogen) atoms. The Balaban J connectivity index is 1.06. The maximum absolute atomic E-state index is 14.2. The van der Waals surface area contributed by atoms with Crippen molar-refractivity contribution in [3.05, 3.63) is 230 Å². The number of halogens is 1. The minimum absolute atomic E-state index is 0.255. The van der Waals surface area contributed by atoms with Gasteiger partial charge in [0.2, 0.25) is 0 Å². The van der Waals surface area contributed by atoms with Gasteiger partial charge in [-0.3, -0.25) is 0 Å². The normalized spacial score (nSPS) is 11.6. The Morgan fingerprint density at radius 2 is 1.05 bits per heavy atom. The number of anilines is 3. The molecule has 0 saturated heterocycles. The largest absolute Gasteiger partial charge is 0.455 e. The van der Waals surface area contributed by atoms with Crippen molar-refractivity contribution >= 4 is 71.6 Å². The highest BCUT2D eigenvalue weighted by atomic mass is 19.1. The van der Waals surface area contributed by atoms with Gasteiger partial charge in [0.1, 0.15) is 17.0 Å². The molecular weight excluding hydrogens is 760 g/mol. The quantitative estimate of drug-likeness (QED) is 0.160. The molecule has 0 N–H and O–H groups in total. The van der Waals surface area contributed by atoms with E-state index in [9.17, 15) is 4.39 Å². The second-order valence-corrected chi connectivity index (χ2v) is 15.9. The van der Waals surface area contributed by atoms with Crippen molar-refractivity contribution < 1.29 is 8.81 Å². The van der Waals surface area contributed by atoms with Crippen molar-refractivity contribution in [2.75, 3.05) is 4.90 Å². The van der Waals surface area contributed by atoms with E-state index in [0.29, 0.717) is 0 Å². The summed E-state index contributed by atoms with van der Waals surface area (Å²) >= 11 is 0. The lowest BCUT2D eigenvalue weighted by Gasteiger charge is -2.26. The van der Waals surface area contributed by atoms with Crippen molar-refractivity contribution in [2.24, 2.45) is 0 Å². The predicted octanol–water partition coefficient (Wildman–Crippen LogP) is 16.4. The third-order valence-corrected chi connectivity index (χ3v) is 12.2. The fraction of sp³-hybridized carbons (Fsp3) is 0. The first-order valence-corrected chi connectivity index (χ1v) is 20.9. The van der Waals surface area contributed by atoms with Crippen molar-refractivity contribution in [3.8, 4) is 39.1 Å². The fourth-order valence-corrected chi connectivity index (χ4v) is 9.33. The molecule has 0 fully saturated rings. The number of hydrogen-bond donors (Lipinski definition) is 0. The first kappa shape index (κ1) is 35.7. The molecule has 0 bridgehead atoms. The summed E-state index contributed by atoms with van der Waals surface area (Å²) in [5.74, 6) is -0.255. The highest BCUT2D eigenvalue weighted by molar-refractivity contribution is 6.12. The van der Waals surface area contributed by atoms with E-state index in [2.05, 4.69) is 198 Å². The van der Waals surface area contributed by atoms with E-state index in [4.69, 9.17) is 4.42 Å². The third-order valence-electron chi connectivity index (χ3n) is 12.2. The molecule has 0 aliphatic rings. The van der Waals surface area contributed by atoms with E-state index < -0.39 is 0 Å². The van der Waals surface area contributed by atoms with Gasteiger partial charge in [-0.25, -0.2) is 4.39 Å². The molecule has 0 atom stereocenters. The summed E-state index contributed by atoms with van der Waals surface area (Å²) in [6, 6.07) is 78.0. The average Bonchev–Trinajstić information content (AvgIpc) is 3.88. The number of rotatable bonds is 7. The van der Waals surface area contributed by atoms with Gasteiger partial charge in [0.25, 0.3) is 0 Å². The topological polar surface area (TPSA) is 21.3 Å². The van der Waals surface area contributed by atoms with E-state index in [1.165, 1.54) is 22.9 Å². The highest BCUT2D eigenvalue weighted by Gasteiger charge is 2.20. The van der Waals surface area contributed by atoms with Crippen LogP contribution in [0.15, 0.2) is 229 Å². The van der Waals surface area contributed by atoms with E-state index in [1.54, 1.807) is 0 Å². The lowest BCUT2D eigenvalue weighted by Crippen LogP contribution is -2.09. The summed E-state index contributed by atoms with van der Waals surface area (Å²) in [7, 11) is 0. The number of hydrogen-bond acceptors (Lipinski definition) is 2. The molecule has 2 aromatic heterocycles. The summed E-state index contributed by atoms with van der Waals surface area (Å²) in [5.41, 5.74) is 14.4. The molecular formula is C58H37FN2O. The fourth-order valence-electron chi connectivity index (χ4n) is 9.33. The van der Waals surface area contributed by atoms with E-state index in [0.717, 1.165) is 99.9 Å². The smallest absolute Gasteiger partial charge is 0.143 e. The number of para-hydroxylation sites is 4. The number of nitrogens with zero attached hydrogens (tertiary/aromatic N) is 2. The van der Waals surface area contributed by atoms with Crippen LogP contribution in [-0.4, -0.2) is 4.57 Å². The first-order valence-electron chi connectivity index (χ1n) is 20.9. The minimum atomic E-state index is -0.255. The molecule has 3 nitrogen and oxygen atoms in total. The molecule has 4 heteroatoms. The van der Waals surface area contributed by atoms with Crippen LogP contribution in [0.25, 0.3) is 93.6 Å². The lowest BCUT2D eigenvalue weighted by atomic mass is 9.90. The van der Waals surface area contributed by atoms with Crippen LogP contribution in [-0.2, 0) is 0 Å². The van der Waals surface area contributed by atoms with Gasteiger partial charge in [-0.05, 0) is 124 Å². The van der Waals surface area contributed by atoms with Gasteiger partial charge in [-0.1, -0.05) is 140 Å². The molecule has 2 heterocycles. The molecule has 0 aliphatic heterocycles. The summed E-state index contributed by atoms with van der Waals surface area (Å²) in [6.07, 6.45) is 0. The lowest BCUT2D eigenvalue weighted by molar-refractivity contribution is 0.627. The van der Waals surface area contributed by atoms with Crippen molar-refractivity contribution in [1.29, 1.82) is 0 Å². The Bertz CT molecular complexity index is 3660. The summed E-state index contributed by atoms with van der Waals surface area (Å²) in [6.45, 7) is 0. The van der Waals surface area contributed by atoms with Crippen molar-refractivity contribution in [3.63, 3.8) is 0 Å². The molecule has 0 aliphatic carbocycles. The van der Waals surface area contributed by atoms with Gasteiger partial charge in [-0.2, -0.15) is 0 Å². The molecule has 0 radical (unpaired) electrons. The highest BCUT2D eigenvalue weighted by Crippen LogP contribution is 2.44. The Labute approximate surface area is 357 Å². The Morgan fingerprint density at radius 3 is 1.94 bits per heavy atom. The molecule has 292 valence electrons. The zero-order chi connectivity index (χ0) is 41.1. The van der Waals surface area contributed by atoms with Crippen LogP contribution in [0, 0.1) is 5.82 Å². The Kier molecular flexibility index (Phi) is 8.36. The summed E-state index contributed by atoms with van der Waals surface area (Å²) in [4.78, 5) is 2.33. The van der Waals surface area contributed by atoms with Crippen LogP contribution in [0.2, 0.25) is 0 Å². The Morgan fingerprint density at radius 1 is 0.371 bits per heavy atom. The third kappa shape index (κ3) is 5.95. The van der Waals surface area contributed by atoms with Gasteiger partial charge in [-0.15, -0.1) is 0 Å². The number of aromatic nitrogens is 1. The minimum Gasteiger partial charge on any atom is -0.455 e. The SMILES string of the molecule is Fc1ccc(-n2c3ccccc3c3ccc(-c4ccc(-c5cccc(N(c6ccccc6)c6ccc7ccccc7c6)c5)c(-c5cccc6c5oc5ccccc56)c4)cc32)cc1. The maximum Gasteiger partial charge on any atom is 0.143 e. The predicted molar refractivity (Wildman–Crippen MR) is 257 cm³/mol. The van der Waals surface area contributed by atoms with Crippen LogP contribution in [0.1, 0.15) is 0 Å². The standard InChI is InChI=1S/C58H37FN2O/c59-43-27-30-45(31-28-43)61-55-22-8-6-18-49(55)50-33-26-41(37-56(50)61)40-25-32-48(54(36-40)53-21-11-20-52-51-19-7-9-23-57(51)62-58(52)53)42-14-10-17-46(35-42)60(44-15-2-1-3-16-44)47-29-24-38-12-4-5-13-39(38)34-47/h1-37H. The van der Waals surface area contributed by atoms with Gasteiger partial charge in [0, 0.05) is 49.9 Å². The van der Waals surface area contributed by atoms with Crippen LogP contribution in [0.5, 0.6) is 0 Å². The zero-order valence-corrected chi connectivity index (χ0v) is 33.5. The molecule has 12 aromatic rings. The van der Waals surface area contributed by atoms with Crippen molar-refractivity contribution in [1.82, 2.24) is 4.57 Å². The number of fused-ring (bicyclic) bond motifs is 7. The van der Waals surface area contributed by atoms with Gasteiger partial charge in [0.15, 0.2) is 0 Å². The van der Waals surface area contributed by atoms with Crippen LogP contribution in [0.3, 0.4) is 0 Å². The molecule has 0 saturated carbocycles. The van der Waals surface area contributed by atoms with E-state index in [-0.39, 0.29) is 5.82 Å². The van der Waals surface area contributed by atoms with Gasteiger partial charge >= 0.3 is 0 Å². The monoisotopic (exact) mass is 796 g/mol. The van der Waals surface area contributed by atoms with E-state index >= 15 is 0 Å². The van der Waals surface area contributed by atoms with Crippen LogP contribution >= 0.6 is 0 Å². The molecule has 0 amide bonds. The zero-order valence-electron chi connectivity index (χ0n) is 33.5. The second kappa shape index (κ2) is 14.5. The average molecular weight is 797 g/mol. The van der Waals surface area contributed by atoms with Crippen LogP contribution < -0.4 is 4.90 Å². The molecule has 0 spiro atoms. The second-order valence-electron chi connectivity index (χ2n) is 15.9. The Hall–Kier alpha value is -8.21. The van der Waals surface area contributed by atoms with Crippen molar-refractivity contribution in [2.45, 2.75) is 0 Å². The summed E-state index contributed by atoms with van der Waals surface area (Å²) in [5, 5.41) is 6.87. The van der Waals surface area contributed by atoms with Crippen LogP contribution in [0.4, 0.5) is 21.5 Å². The number of furan rings is 1. The van der Waals surface area contributed by atoms with Gasteiger partial charge in [0.05, 0.1) is 11.0 Å². The summed E-state index contributed by atoms with van der Waals surface area (Å²) < 4.78 is 23.1. The first-order chi connectivity index (χ1) is 30.6. The van der Waals surface area contributed by atoms with Gasteiger partial charge < -0.3 is 13.9 Å².